The molecule has 0 aliphatic carbocycles. The third kappa shape index (κ3) is 3.88. The molecule has 116 valence electrons. The lowest BCUT2D eigenvalue weighted by Gasteiger charge is -2.20. The molecule has 0 bridgehead atoms. The number of hydrogen-bond acceptors (Lipinski definition) is 3. The first-order chi connectivity index (χ1) is 10.4. The summed E-state index contributed by atoms with van der Waals surface area (Å²) in [5.74, 6) is 1.59. The molecular formula is C19H23NO2. The summed E-state index contributed by atoms with van der Waals surface area (Å²) in [6, 6.07) is 13.9. The highest BCUT2D eigenvalue weighted by atomic mass is 16.5. The molecule has 0 aliphatic heterocycles. The van der Waals surface area contributed by atoms with Crippen LogP contribution >= 0.6 is 0 Å². The Balaban J connectivity index is 2.36. The van der Waals surface area contributed by atoms with E-state index < -0.39 is 0 Å². The van der Waals surface area contributed by atoms with Crippen LogP contribution in [0, 0.1) is 0 Å². The van der Waals surface area contributed by atoms with Crippen molar-refractivity contribution in [3.05, 3.63) is 53.6 Å². The van der Waals surface area contributed by atoms with E-state index in [1.54, 1.807) is 14.2 Å². The van der Waals surface area contributed by atoms with Crippen LogP contribution in [0.1, 0.15) is 31.9 Å². The van der Waals surface area contributed by atoms with Gasteiger partial charge in [-0.15, -0.1) is 0 Å². The summed E-state index contributed by atoms with van der Waals surface area (Å²) in [5, 5.41) is 0. The monoisotopic (exact) mass is 297 g/mol. The van der Waals surface area contributed by atoms with Gasteiger partial charge in [-0.25, -0.2) is 0 Å². The van der Waals surface area contributed by atoms with Crippen molar-refractivity contribution in [2.24, 2.45) is 4.99 Å². The van der Waals surface area contributed by atoms with Gasteiger partial charge in [0, 0.05) is 6.21 Å². The summed E-state index contributed by atoms with van der Waals surface area (Å²) in [4.78, 5) is 4.59. The number of aliphatic imine (C=N–C) groups is 1. The molecule has 2 aromatic rings. The van der Waals surface area contributed by atoms with E-state index in [0.29, 0.717) is 0 Å². The molecule has 0 aromatic heterocycles. The van der Waals surface area contributed by atoms with Crippen LogP contribution in [0.2, 0.25) is 0 Å². The van der Waals surface area contributed by atoms with Gasteiger partial charge in [0.1, 0.15) is 17.2 Å². The second kappa shape index (κ2) is 6.65. The molecule has 0 N–H and O–H groups in total. The molecule has 22 heavy (non-hydrogen) atoms. The predicted octanol–water partition coefficient (Wildman–Crippen LogP) is 4.75. The van der Waals surface area contributed by atoms with Crippen LogP contribution in [-0.2, 0) is 5.41 Å². The molecule has 0 fully saturated rings. The molecule has 3 nitrogen and oxygen atoms in total. The maximum atomic E-state index is 5.41. The largest absolute Gasteiger partial charge is 0.497 e. The fourth-order valence-electron chi connectivity index (χ4n) is 2.12. The predicted molar refractivity (Wildman–Crippen MR) is 91.9 cm³/mol. The zero-order valence-corrected chi connectivity index (χ0v) is 13.9. The molecule has 0 heterocycles. The lowest BCUT2D eigenvalue weighted by Crippen LogP contribution is -2.10. The molecule has 0 spiro atoms. The zero-order chi connectivity index (χ0) is 16.2. The Kier molecular flexibility index (Phi) is 4.86. The number of nitrogens with zero attached hydrogens (tertiary/aromatic N) is 1. The van der Waals surface area contributed by atoms with Crippen molar-refractivity contribution in [3.63, 3.8) is 0 Å². The van der Waals surface area contributed by atoms with Gasteiger partial charge in [0.2, 0.25) is 0 Å². The van der Waals surface area contributed by atoms with Gasteiger partial charge in [-0.3, -0.25) is 4.99 Å². The molecule has 2 aromatic carbocycles. The van der Waals surface area contributed by atoms with E-state index in [4.69, 9.17) is 9.47 Å². The minimum atomic E-state index is 0.0759. The third-order valence-corrected chi connectivity index (χ3v) is 3.49. The lowest BCUT2D eigenvalue weighted by molar-refractivity contribution is 0.414. The maximum Gasteiger partial charge on any atom is 0.144 e. The Morgan fingerprint density at radius 1 is 0.955 bits per heavy atom. The Bertz CT molecular complexity index is 669. The highest BCUT2D eigenvalue weighted by molar-refractivity contribution is 5.83. The first-order valence-corrected chi connectivity index (χ1v) is 7.30. The maximum absolute atomic E-state index is 5.41. The zero-order valence-electron chi connectivity index (χ0n) is 13.9. The summed E-state index contributed by atoms with van der Waals surface area (Å²) in [6.07, 6.45) is 1.83. The normalized spacial score (nSPS) is 11.7. The van der Waals surface area contributed by atoms with Gasteiger partial charge in [0.25, 0.3) is 0 Å². The minimum Gasteiger partial charge on any atom is -0.497 e. The van der Waals surface area contributed by atoms with Crippen LogP contribution < -0.4 is 9.47 Å². The van der Waals surface area contributed by atoms with Crippen molar-refractivity contribution in [2.45, 2.75) is 26.2 Å². The Labute approximate surface area is 132 Å². The highest BCUT2D eigenvalue weighted by Crippen LogP contribution is 2.33. The van der Waals surface area contributed by atoms with Crippen LogP contribution in [-0.4, -0.2) is 20.4 Å². The molecule has 0 amide bonds. The number of ether oxygens (including phenoxy) is 2. The van der Waals surface area contributed by atoms with Gasteiger partial charge in [-0.2, -0.15) is 0 Å². The Hall–Kier alpha value is -2.29. The molecule has 2 rings (SSSR count). The number of methoxy groups -OCH3 is 2. The molecular weight excluding hydrogens is 274 g/mol. The van der Waals surface area contributed by atoms with E-state index in [9.17, 15) is 0 Å². The lowest BCUT2D eigenvalue weighted by atomic mass is 9.87. The SMILES string of the molecule is COc1cccc(C=Nc2cc(C(C)(C)C)ccc2OC)c1. The Morgan fingerprint density at radius 2 is 1.73 bits per heavy atom. The molecule has 0 unspecified atom stereocenters. The van der Waals surface area contributed by atoms with Gasteiger partial charge in [0.05, 0.1) is 14.2 Å². The van der Waals surface area contributed by atoms with Crippen molar-refractivity contribution >= 4 is 11.9 Å². The number of hydrogen-bond donors (Lipinski definition) is 0. The number of rotatable bonds is 4. The van der Waals surface area contributed by atoms with Crippen LogP contribution in [0.25, 0.3) is 0 Å². The molecule has 3 heteroatoms. The van der Waals surface area contributed by atoms with Crippen molar-refractivity contribution in [2.75, 3.05) is 14.2 Å². The second-order valence-corrected chi connectivity index (χ2v) is 6.17. The molecule has 0 saturated heterocycles. The van der Waals surface area contributed by atoms with Crippen LogP contribution in [0.3, 0.4) is 0 Å². The van der Waals surface area contributed by atoms with Crippen molar-refractivity contribution in [1.29, 1.82) is 0 Å². The average molecular weight is 297 g/mol. The van der Waals surface area contributed by atoms with E-state index in [1.807, 2.05) is 36.5 Å². The third-order valence-electron chi connectivity index (χ3n) is 3.49. The second-order valence-electron chi connectivity index (χ2n) is 6.17. The van der Waals surface area contributed by atoms with E-state index in [2.05, 4.69) is 37.9 Å². The first-order valence-electron chi connectivity index (χ1n) is 7.30. The van der Waals surface area contributed by atoms with Gasteiger partial charge >= 0.3 is 0 Å². The van der Waals surface area contributed by atoms with Gasteiger partial charge in [0.15, 0.2) is 0 Å². The molecule has 0 radical (unpaired) electrons. The van der Waals surface area contributed by atoms with Crippen molar-refractivity contribution < 1.29 is 9.47 Å². The smallest absolute Gasteiger partial charge is 0.144 e. The summed E-state index contributed by atoms with van der Waals surface area (Å²) < 4.78 is 10.6. The summed E-state index contributed by atoms with van der Waals surface area (Å²) >= 11 is 0. The van der Waals surface area contributed by atoms with Gasteiger partial charge in [-0.05, 0) is 40.8 Å². The molecule has 0 atom stereocenters. The van der Waals surface area contributed by atoms with E-state index in [-0.39, 0.29) is 5.41 Å². The van der Waals surface area contributed by atoms with Crippen molar-refractivity contribution in [3.8, 4) is 11.5 Å². The quantitative estimate of drug-likeness (QED) is 0.762. The topological polar surface area (TPSA) is 30.8 Å². The number of benzene rings is 2. The van der Waals surface area contributed by atoms with Gasteiger partial charge in [-0.1, -0.05) is 39.0 Å². The highest BCUT2D eigenvalue weighted by Gasteiger charge is 2.15. The van der Waals surface area contributed by atoms with E-state index >= 15 is 0 Å². The van der Waals surface area contributed by atoms with E-state index in [1.165, 1.54) is 5.56 Å². The summed E-state index contributed by atoms with van der Waals surface area (Å²) in [7, 11) is 3.32. The fourth-order valence-corrected chi connectivity index (χ4v) is 2.12. The van der Waals surface area contributed by atoms with E-state index in [0.717, 1.165) is 22.7 Å². The van der Waals surface area contributed by atoms with Crippen LogP contribution in [0.15, 0.2) is 47.5 Å². The molecule has 0 saturated carbocycles. The first kappa shape index (κ1) is 16.1. The fraction of sp³-hybridized carbons (Fsp3) is 0.316. The summed E-state index contributed by atoms with van der Waals surface area (Å²) in [5.41, 5.74) is 3.12. The standard InChI is InChI=1S/C19H23NO2/c1-19(2,3)15-9-10-18(22-5)17(12-15)20-13-14-7-6-8-16(11-14)21-4/h6-13H,1-5H3. The van der Waals surface area contributed by atoms with Crippen LogP contribution in [0.5, 0.6) is 11.5 Å². The average Bonchev–Trinajstić information content (AvgIpc) is 2.52. The van der Waals surface area contributed by atoms with Crippen LogP contribution in [0.4, 0.5) is 5.69 Å². The van der Waals surface area contributed by atoms with Gasteiger partial charge < -0.3 is 9.47 Å². The van der Waals surface area contributed by atoms with Crippen molar-refractivity contribution in [1.82, 2.24) is 0 Å². The summed E-state index contributed by atoms with van der Waals surface area (Å²) in [6.45, 7) is 6.55. The molecule has 0 aliphatic rings. The minimum absolute atomic E-state index is 0.0759. The Morgan fingerprint density at radius 3 is 2.36 bits per heavy atom.